The SMILES string of the molecule is CCCCCCCCCCCCCCCCCC/C=C/OC(=O)/C=C/C(=O)O/C=C/CCCCCCCCCCCCCCCCCC. The summed E-state index contributed by atoms with van der Waals surface area (Å²) >= 11 is 0. The molecule has 0 saturated carbocycles. The minimum absolute atomic E-state index is 0.563. The Labute approximate surface area is 299 Å². The molecule has 0 rings (SSSR count). The first-order chi connectivity index (χ1) is 23.7. The first kappa shape index (κ1) is 46.2. The molecule has 0 bridgehead atoms. The molecule has 0 atom stereocenters. The van der Waals surface area contributed by atoms with Gasteiger partial charge in [0, 0.05) is 12.2 Å². The van der Waals surface area contributed by atoms with Crippen LogP contribution in [0.2, 0.25) is 0 Å². The topological polar surface area (TPSA) is 52.6 Å². The fraction of sp³-hybridized carbons (Fsp3) is 0.818. The number of allylic oxidation sites excluding steroid dienone is 2. The summed E-state index contributed by atoms with van der Waals surface area (Å²) in [6.07, 6.45) is 54.2. The van der Waals surface area contributed by atoms with E-state index in [4.69, 9.17) is 9.47 Å². The van der Waals surface area contributed by atoms with Crippen LogP contribution in [0.5, 0.6) is 0 Å². The van der Waals surface area contributed by atoms with Gasteiger partial charge in [-0.25, -0.2) is 9.59 Å². The predicted molar refractivity (Wildman–Crippen MR) is 208 cm³/mol. The van der Waals surface area contributed by atoms with Crippen molar-refractivity contribution in [2.45, 2.75) is 232 Å². The largest absolute Gasteiger partial charge is 0.432 e. The number of hydrogen-bond acceptors (Lipinski definition) is 4. The van der Waals surface area contributed by atoms with E-state index in [2.05, 4.69) is 13.8 Å². The fourth-order valence-corrected chi connectivity index (χ4v) is 6.20. The van der Waals surface area contributed by atoms with Gasteiger partial charge in [0.15, 0.2) is 0 Å². The maximum Gasteiger partial charge on any atom is 0.335 e. The lowest BCUT2D eigenvalue weighted by Crippen LogP contribution is -1.98. The molecule has 0 aliphatic heterocycles. The van der Waals surface area contributed by atoms with Crippen molar-refractivity contribution in [3.8, 4) is 0 Å². The Bertz CT molecular complexity index is 691. The summed E-state index contributed by atoms with van der Waals surface area (Å²) in [6, 6.07) is 0. The second-order valence-corrected chi connectivity index (χ2v) is 14.1. The zero-order valence-corrected chi connectivity index (χ0v) is 32.1. The standard InChI is InChI=1S/C44H80O4/c1-3-5-7-9-11-13-15-17-19-21-23-25-27-29-31-33-35-37-41-47-43(45)39-40-44(46)48-42-38-36-34-32-30-28-26-24-22-20-18-16-14-12-10-8-6-4-2/h37-42H,3-36H2,1-2H3/b40-39+,41-37+,42-38+. The highest BCUT2D eigenvalue weighted by atomic mass is 16.5. The van der Waals surface area contributed by atoms with E-state index in [1.165, 1.54) is 205 Å². The third kappa shape index (κ3) is 40.3. The number of rotatable bonds is 38. The Kier molecular flexibility index (Phi) is 39.7. The molecule has 0 N–H and O–H groups in total. The van der Waals surface area contributed by atoms with Gasteiger partial charge in [0.05, 0.1) is 12.5 Å². The Hall–Kier alpha value is -1.84. The summed E-state index contributed by atoms with van der Waals surface area (Å²) in [5, 5.41) is 0. The second kappa shape index (κ2) is 41.3. The molecule has 0 radical (unpaired) electrons. The normalized spacial score (nSPS) is 11.8. The quantitative estimate of drug-likeness (QED) is 0.0283. The molecule has 0 spiro atoms. The van der Waals surface area contributed by atoms with Crippen molar-refractivity contribution in [1.29, 1.82) is 0 Å². The summed E-state index contributed by atoms with van der Waals surface area (Å²) in [4.78, 5) is 23.6. The van der Waals surface area contributed by atoms with Crippen LogP contribution in [0.25, 0.3) is 0 Å². The third-order valence-electron chi connectivity index (χ3n) is 9.37. The van der Waals surface area contributed by atoms with Gasteiger partial charge in [-0.3, -0.25) is 0 Å². The van der Waals surface area contributed by atoms with Crippen LogP contribution in [0.3, 0.4) is 0 Å². The number of unbranched alkanes of at least 4 members (excludes halogenated alkanes) is 32. The average Bonchev–Trinajstić information content (AvgIpc) is 3.09. The maximum absolute atomic E-state index is 11.8. The number of carbonyl (C=O) groups is 2. The summed E-state index contributed by atoms with van der Waals surface area (Å²) < 4.78 is 10.1. The molecule has 4 heteroatoms. The number of carbonyl (C=O) groups excluding carboxylic acids is 2. The average molecular weight is 673 g/mol. The molecule has 0 fully saturated rings. The monoisotopic (exact) mass is 673 g/mol. The summed E-state index contributed by atoms with van der Waals surface area (Å²) in [5.41, 5.74) is 0. The maximum atomic E-state index is 11.8. The number of ether oxygens (including phenoxy) is 2. The van der Waals surface area contributed by atoms with Crippen LogP contribution in [0, 0.1) is 0 Å². The van der Waals surface area contributed by atoms with Crippen LogP contribution < -0.4 is 0 Å². The lowest BCUT2D eigenvalue weighted by Gasteiger charge is -2.03. The zero-order chi connectivity index (χ0) is 34.9. The van der Waals surface area contributed by atoms with Crippen LogP contribution in [0.1, 0.15) is 232 Å². The van der Waals surface area contributed by atoms with Gasteiger partial charge in [-0.1, -0.05) is 206 Å². The van der Waals surface area contributed by atoms with E-state index < -0.39 is 11.9 Å². The van der Waals surface area contributed by atoms with Crippen molar-refractivity contribution in [2.24, 2.45) is 0 Å². The van der Waals surface area contributed by atoms with E-state index in [9.17, 15) is 9.59 Å². The van der Waals surface area contributed by atoms with Crippen LogP contribution >= 0.6 is 0 Å². The molecule has 0 aliphatic carbocycles. The Morgan fingerprint density at radius 3 is 0.771 bits per heavy atom. The van der Waals surface area contributed by atoms with Gasteiger partial charge < -0.3 is 9.47 Å². The third-order valence-corrected chi connectivity index (χ3v) is 9.37. The van der Waals surface area contributed by atoms with Crippen molar-refractivity contribution < 1.29 is 19.1 Å². The molecule has 4 nitrogen and oxygen atoms in total. The van der Waals surface area contributed by atoms with Crippen LogP contribution in [-0.4, -0.2) is 11.9 Å². The fourth-order valence-electron chi connectivity index (χ4n) is 6.20. The summed E-state index contributed by atoms with van der Waals surface area (Å²) in [5.74, 6) is -1.13. The Morgan fingerprint density at radius 1 is 0.333 bits per heavy atom. The number of esters is 2. The molecule has 0 heterocycles. The molecule has 48 heavy (non-hydrogen) atoms. The highest BCUT2D eigenvalue weighted by molar-refractivity contribution is 5.92. The second-order valence-electron chi connectivity index (χ2n) is 14.1. The van der Waals surface area contributed by atoms with Crippen LogP contribution in [0.15, 0.2) is 36.8 Å². The van der Waals surface area contributed by atoms with Gasteiger partial charge in [0.25, 0.3) is 0 Å². The molecular formula is C44H80O4. The smallest absolute Gasteiger partial charge is 0.335 e. The van der Waals surface area contributed by atoms with Crippen molar-refractivity contribution in [3.63, 3.8) is 0 Å². The lowest BCUT2D eigenvalue weighted by molar-refractivity contribution is -0.135. The van der Waals surface area contributed by atoms with E-state index in [1.54, 1.807) is 0 Å². The van der Waals surface area contributed by atoms with Gasteiger partial charge in [-0.15, -0.1) is 0 Å². The molecule has 280 valence electrons. The molecule has 0 aromatic heterocycles. The predicted octanol–water partition coefficient (Wildman–Crippen LogP) is 15.0. The molecule has 0 aromatic carbocycles. The van der Waals surface area contributed by atoms with Gasteiger partial charge in [-0.05, 0) is 37.8 Å². The first-order valence-corrected chi connectivity index (χ1v) is 21.1. The molecule has 0 aliphatic rings. The summed E-state index contributed by atoms with van der Waals surface area (Å²) in [6.45, 7) is 4.56. The molecule has 0 amide bonds. The molecule has 0 unspecified atom stereocenters. The van der Waals surface area contributed by atoms with Crippen molar-refractivity contribution in [1.82, 2.24) is 0 Å². The molecular weight excluding hydrogens is 592 g/mol. The molecule has 0 saturated heterocycles. The minimum atomic E-state index is -0.563. The van der Waals surface area contributed by atoms with Gasteiger partial charge >= 0.3 is 11.9 Å². The van der Waals surface area contributed by atoms with E-state index in [0.29, 0.717) is 0 Å². The van der Waals surface area contributed by atoms with Crippen LogP contribution in [-0.2, 0) is 19.1 Å². The van der Waals surface area contributed by atoms with E-state index >= 15 is 0 Å². The Balaban J connectivity index is 3.43. The number of hydrogen-bond donors (Lipinski definition) is 0. The molecule has 0 aromatic rings. The first-order valence-electron chi connectivity index (χ1n) is 21.1. The highest BCUT2D eigenvalue weighted by Gasteiger charge is 1.99. The highest BCUT2D eigenvalue weighted by Crippen LogP contribution is 2.15. The van der Waals surface area contributed by atoms with Crippen molar-refractivity contribution in [3.05, 3.63) is 36.8 Å². The van der Waals surface area contributed by atoms with Gasteiger partial charge in [0.2, 0.25) is 0 Å². The van der Waals surface area contributed by atoms with Crippen molar-refractivity contribution >= 4 is 11.9 Å². The zero-order valence-electron chi connectivity index (χ0n) is 32.1. The van der Waals surface area contributed by atoms with Gasteiger partial charge in [-0.2, -0.15) is 0 Å². The van der Waals surface area contributed by atoms with E-state index in [1.807, 2.05) is 12.2 Å². The van der Waals surface area contributed by atoms with E-state index in [0.717, 1.165) is 37.8 Å². The summed E-state index contributed by atoms with van der Waals surface area (Å²) in [7, 11) is 0. The van der Waals surface area contributed by atoms with Crippen molar-refractivity contribution in [2.75, 3.05) is 0 Å². The van der Waals surface area contributed by atoms with Gasteiger partial charge in [0.1, 0.15) is 0 Å². The van der Waals surface area contributed by atoms with Crippen LogP contribution in [0.4, 0.5) is 0 Å². The van der Waals surface area contributed by atoms with E-state index in [-0.39, 0.29) is 0 Å². The lowest BCUT2D eigenvalue weighted by atomic mass is 10.0. The Morgan fingerprint density at radius 2 is 0.542 bits per heavy atom. The minimum Gasteiger partial charge on any atom is -0.432 e.